The lowest BCUT2D eigenvalue weighted by molar-refractivity contribution is -0.121. The zero-order valence-electron chi connectivity index (χ0n) is 14.7. The summed E-state index contributed by atoms with van der Waals surface area (Å²) >= 11 is 0. The molecule has 1 aromatic carbocycles. The van der Waals surface area contributed by atoms with Gasteiger partial charge >= 0.3 is 0 Å². The van der Waals surface area contributed by atoms with Gasteiger partial charge < -0.3 is 5.32 Å². The molecule has 1 N–H and O–H groups in total. The lowest BCUT2D eigenvalue weighted by Gasteiger charge is -2.39. The third-order valence-electron chi connectivity index (χ3n) is 5.68. The lowest BCUT2D eigenvalue weighted by atomic mass is 9.82. The van der Waals surface area contributed by atoms with Crippen LogP contribution in [-0.2, 0) is 11.3 Å². The van der Waals surface area contributed by atoms with E-state index in [1.54, 1.807) is 12.4 Å². The van der Waals surface area contributed by atoms with E-state index in [2.05, 4.69) is 27.3 Å². The number of pyridine rings is 1. The van der Waals surface area contributed by atoms with Crippen molar-refractivity contribution < 1.29 is 4.79 Å². The number of hydrogen-bond donors (Lipinski definition) is 1. The molecular formula is C21H22N4O. The summed E-state index contributed by atoms with van der Waals surface area (Å²) in [6.45, 7) is 2.77. The molecule has 1 atom stereocenters. The van der Waals surface area contributed by atoms with Crippen LogP contribution in [-0.4, -0.2) is 34.4 Å². The number of likely N-dealkylation sites (tertiary alicyclic amines) is 1. The third-order valence-corrected chi connectivity index (χ3v) is 5.68. The molecule has 5 nitrogen and oxygen atoms in total. The van der Waals surface area contributed by atoms with Gasteiger partial charge in [-0.25, -0.2) is 0 Å². The Morgan fingerprint density at radius 1 is 1.23 bits per heavy atom. The average Bonchev–Trinajstić information content (AvgIpc) is 3.01. The zero-order valence-corrected chi connectivity index (χ0v) is 14.7. The van der Waals surface area contributed by atoms with E-state index in [1.807, 2.05) is 30.3 Å². The van der Waals surface area contributed by atoms with Crippen LogP contribution in [0.3, 0.4) is 0 Å². The van der Waals surface area contributed by atoms with Crippen molar-refractivity contribution in [3.63, 3.8) is 0 Å². The highest BCUT2D eigenvalue weighted by Gasteiger charge is 2.46. The summed E-state index contributed by atoms with van der Waals surface area (Å²) in [4.78, 5) is 19.0. The van der Waals surface area contributed by atoms with Crippen molar-refractivity contribution in [2.75, 3.05) is 13.1 Å². The number of piperidine rings is 1. The van der Waals surface area contributed by atoms with Gasteiger partial charge in [-0.15, -0.1) is 0 Å². The summed E-state index contributed by atoms with van der Waals surface area (Å²) in [7, 11) is 0. The van der Waals surface area contributed by atoms with E-state index in [1.165, 1.54) is 5.56 Å². The SMILES string of the molecule is N#Cc1cccc(CN2CCC3(CC2)C[C@@H](c2ccncc2)C(=O)N3)c1. The van der Waals surface area contributed by atoms with Crippen molar-refractivity contribution in [2.45, 2.75) is 37.3 Å². The number of carbonyl (C=O) groups excluding carboxylic acids is 1. The maximum atomic E-state index is 12.5. The van der Waals surface area contributed by atoms with Gasteiger partial charge in [0.15, 0.2) is 0 Å². The van der Waals surface area contributed by atoms with Crippen molar-refractivity contribution in [2.24, 2.45) is 0 Å². The summed E-state index contributed by atoms with van der Waals surface area (Å²) in [5.41, 5.74) is 2.87. The molecule has 26 heavy (non-hydrogen) atoms. The second-order valence-electron chi connectivity index (χ2n) is 7.40. The predicted molar refractivity (Wildman–Crippen MR) is 98.1 cm³/mol. The summed E-state index contributed by atoms with van der Waals surface area (Å²) in [6.07, 6.45) is 6.32. The minimum atomic E-state index is -0.0734. The van der Waals surface area contributed by atoms with Crippen LogP contribution in [0.4, 0.5) is 0 Å². The Balaban J connectivity index is 1.39. The van der Waals surface area contributed by atoms with Crippen LogP contribution < -0.4 is 5.32 Å². The van der Waals surface area contributed by atoms with Crippen LogP contribution in [0.25, 0.3) is 0 Å². The highest BCUT2D eigenvalue weighted by atomic mass is 16.2. The molecule has 0 bridgehead atoms. The molecule has 0 saturated carbocycles. The molecule has 2 aliphatic heterocycles. The summed E-state index contributed by atoms with van der Waals surface area (Å²) < 4.78 is 0. The molecule has 1 amide bonds. The fraction of sp³-hybridized carbons (Fsp3) is 0.381. The van der Waals surface area contributed by atoms with Gasteiger partial charge in [0.05, 0.1) is 17.6 Å². The standard InChI is InChI=1S/C21H22N4O/c22-14-16-2-1-3-17(12-16)15-25-10-6-21(7-11-25)13-19(20(26)24-21)18-4-8-23-9-5-18/h1-5,8-9,12,19H,6-7,10-11,13,15H2,(H,24,26)/t19-/m0/s1. The number of nitrogens with one attached hydrogen (secondary N) is 1. The second-order valence-corrected chi connectivity index (χ2v) is 7.40. The minimum Gasteiger partial charge on any atom is -0.350 e. The molecule has 2 aliphatic rings. The Hall–Kier alpha value is -2.71. The Labute approximate surface area is 153 Å². The summed E-state index contributed by atoms with van der Waals surface area (Å²) in [6, 6.07) is 13.9. The number of carbonyl (C=O) groups is 1. The van der Waals surface area contributed by atoms with E-state index in [9.17, 15) is 4.79 Å². The monoisotopic (exact) mass is 346 g/mol. The maximum absolute atomic E-state index is 12.5. The van der Waals surface area contributed by atoms with Gasteiger partial charge in [-0.05, 0) is 54.7 Å². The Morgan fingerprint density at radius 2 is 2.00 bits per heavy atom. The van der Waals surface area contributed by atoms with Crippen LogP contribution in [0, 0.1) is 11.3 Å². The van der Waals surface area contributed by atoms with Crippen LogP contribution >= 0.6 is 0 Å². The number of benzene rings is 1. The highest BCUT2D eigenvalue weighted by molar-refractivity contribution is 5.87. The van der Waals surface area contributed by atoms with Gasteiger partial charge in [-0.3, -0.25) is 14.7 Å². The minimum absolute atomic E-state index is 0.0585. The molecule has 132 valence electrons. The molecule has 0 unspecified atom stereocenters. The number of aromatic nitrogens is 1. The first-order valence-electron chi connectivity index (χ1n) is 9.11. The normalized spacial score (nSPS) is 22.1. The van der Waals surface area contributed by atoms with Crippen LogP contribution in [0.15, 0.2) is 48.8 Å². The van der Waals surface area contributed by atoms with Gasteiger partial charge in [-0.1, -0.05) is 12.1 Å². The fourth-order valence-electron chi connectivity index (χ4n) is 4.21. The third kappa shape index (κ3) is 3.33. The molecule has 5 heteroatoms. The first-order valence-corrected chi connectivity index (χ1v) is 9.11. The van der Waals surface area contributed by atoms with E-state index < -0.39 is 0 Å². The number of amides is 1. The van der Waals surface area contributed by atoms with Gasteiger partial charge in [0.1, 0.15) is 0 Å². The quantitative estimate of drug-likeness (QED) is 0.927. The molecule has 1 aromatic heterocycles. The Bertz CT molecular complexity index is 835. The lowest BCUT2D eigenvalue weighted by Crippen LogP contribution is -2.50. The van der Waals surface area contributed by atoms with Crippen LogP contribution in [0.5, 0.6) is 0 Å². The number of hydrogen-bond acceptors (Lipinski definition) is 4. The van der Waals surface area contributed by atoms with E-state index in [4.69, 9.17) is 5.26 Å². The summed E-state index contributed by atoms with van der Waals surface area (Å²) in [5, 5.41) is 12.3. The Kier molecular flexibility index (Phi) is 4.44. The molecule has 2 saturated heterocycles. The molecular weight excluding hydrogens is 324 g/mol. The first kappa shape index (κ1) is 16.7. The highest BCUT2D eigenvalue weighted by Crippen LogP contribution is 2.39. The smallest absolute Gasteiger partial charge is 0.228 e. The molecule has 0 aliphatic carbocycles. The van der Waals surface area contributed by atoms with Gasteiger partial charge in [0.25, 0.3) is 0 Å². The maximum Gasteiger partial charge on any atom is 0.228 e. The van der Waals surface area contributed by atoms with Crippen molar-refractivity contribution in [1.82, 2.24) is 15.2 Å². The van der Waals surface area contributed by atoms with E-state index in [-0.39, 0.29) is 17.4 Å². The van der Waals surface area contributed by atoms with E-state index in [0.29, 0.717) is 5.56 Å². The van der Waals surface area contributed by atoms with Crippen LogP contribution in [0.2, 0.25) is 0 Å². The average molecular weight is 346 g/mol. The number of nitrogens with zero attached hydrogens (tertiary/aromatic N) is 3. The fourth-order valence-corrected chi connectivity index (χ4v) is 4.21. The molecule has 2 aromatic rings. The molecule has 0 radical (unpaired) electrons. The largest absolute Gasteiger partial charge is 0.350 e. The molecule has 4 rings (SSSR count). The number of nitriles is 1. The zero-order chi connectivity index (χ0) is 18.0. The summed E-state index contributed by atoms with van der Waals surface area (Å²) in [5.74, 6) is 0.0863. The van der Waals surface area contributed by atoms with Crippen molar-refractivity contribution in [3.05, 3.63) is 65.5 Å². The second kappa shape index (κ2) is 6.89. The van der Waals surface area contributed by atoms with Gasteiger partial charge in [0, 0.05) is 37.6 Å². The van der Waals surface area contributed by atoms with Crippen LogP contribution in [0.1, 0.15) is 41.9 Å². The Morgan fingerprint density at radius 3 is 2.73 bits per heavy atom. The molecule has 2 fully saturated rings. The first-order chi connectivity index (χ1) is 12.7. The van der Waals surface area contributed by atoms with Crippen molar-refractivity contribution in [1.29, 1.82) is 5.26 Å². The van der Waals surface area contributed by atoms with E-state index in [0.717, 1.165) is 44.5 Å². The molecule has 3 heterocycles. The number of rotatable bonds is 3. The van der Waals surface area contributed by atoms with Gasteiger partial charge in [-0.2, -0.15) is 5.26 Å². The van der Waals surface area contributed by atoms with Crippen molar-refractivity contribution >= 4 is 5.91 Å². The van der Waals surface area contributed by atoms with Crippen molar-refractivity contribution in [3.8, 4) is 6.07 Å². The molecule has 1 spiro atoms. The van der Waals surface area contributed by atoms with E-state index >= 15 is 0 Å². The predicted octanol–water partition coefficient (Wildman–Crippen LogP) is 2.59. The van der Waals surface area contributed by atoms with Gasteiger partial charge in [0.2, 0.25) is 5.91 Å². The topological polar surface area (TPSA) is 69.0 Å².